The smallest absolute Gasteiger partial charge is 0.324 e. The summed E-state index contributed by atoms with van der Waals surface area (Å²) in [5.74, 6) is 1.53. The molecule has 0 bridgehead atoms. The quantitative estimate of drug-likeness (QED) is 0.117. The Hall–Kier alpha value is -5.22. The molecule has 238 valence electrons. The Kier molecular flexibility index (Phi) is 9.97. The minimum Gasteiger partial charge on any atom is -0.488 e. The number of urea groups is 1. The Morgan fingerprint density at radius 2 is 1.67 bits per heavy atom. The van der Waals surface area contributed by atoms with Gasteiger partial charge >= 0.3 is 6.03 Å². The molecule has 10 nitrogen and oxygen atoms in total. The van der Waals surface area contributed by atoms with Crippen molar-refractivity contribution in [2.75, 3.05) is 23.0 Å². The third kappa shape index (κ3) is 7.70. The van der Waals surface area contributed by atoms with Crippen LogP contribution in [0.3, 0.4) is 0 Å². The normalized spacial score (nSPS) is 11.3. The van der Waals surface area contributed by atoms with Crippen LogP contribution in [0, 0.1) is 6.92 Å². The Bertz CT molecular complexity index is 1830. The number of nitrogens with one attached hydrogen (secondary N) is 4. The molecule has 2 aromatic heterocycles. The molecule has 3 amide bonds. The van der Waals surface area contributed by atoms with Crippen LogP contribution in [0.15, 0.2) is 85.1 Å². The number of carbonyl (C=O) groups excluding carboxylic acids is 2. The number of carbonyl (C=O) groups is 2. The van der Waals surface area contributed by atoms with Crippen LogP contribution in [0.25, 0.3) is 16.5 Å². The van der Waals surface area contributed by atoms with E-state index in [-0.39, 0.29) is 18.5 Å². The maximum atomic E-state index is 13.3. The molecule has 5 rings (SSSR count). The molecule has 46 heavy (non-hydrogen) atoms. The van der Waals surface area contributed by atoms with Crippen molar-refractivity contribution in [3.63, 3.8) is 0 Å². The van der Waals surface area contributed by atoms with Gasteiger partial charge in [-0.1, -0.05) is 55.3 Å². The van der Waals surface area contributed by atoms with Gasteiger partial charge in [0.1, 0.15) is 24.0 Å². The molecular formula is C36H41N7O3. The maximum Gasteiger partial charge on any atom is 0.324 e. The first-order valence-electron chi connectivity index (χ1n) is 15.5. The number of anilines is 3. The molecule has 0 saturated heterocycles. The fourth-order valence-electron chi connectivity index (χ4n) is 4.84. The first kappa shape index (κ1) is 32.2. The number of aromatic nitrogens is 3. The fraction of sp³-hybridized carbons (Fsp3) is 0.278. The minimum atomic E-state index is -0.736. The molecule has 0 aliphatic carbocycles. The monoisotopic (exact) mass is 619 g/mol. The van der Waals surface area contributed by atoms with Gasteiger partial charge in [0, 0.05) is 23.0 Å². The molecule has 3 aromatic carbocycles. The van der Waals surface area contributed by atoms with Crippen molar-refractivity contribution in [2.24, 2.45) is 0 Å². The highest BCUT2D eigenvalue weighted by Crippen LogP contribution is 2.32. The largest absolute Gasteiger partial charge is 0.488 e. The van der Waals surface area contributed by atoms with Gasteiger partial charge in [0.2, 0.25) is 5.91 Å². The van der Waals surface area contributed by atoms with Gasteiger partial charge in [-0.3, -0.25) is 10.1 Å². The molecule has 0 atom stereocenters. The van der Waals surface area contributed by atoms with Crippen molar-refractivity contribution in [3.8, 4) is 11.4 Å². The number of hydrogen-bond donors (Lipinski definition) is 4. The van der Waals surface area contributed by atoms with Crippen molar-refractivity contribution in [1.29, 1.82) is 0 Å². The number of hydrogen-bond acceptors (Lipinski definition) is 6. The summed E-state index contributed by atoms with van der Waals surface area (Å²) in [6.45, 7) is 8.05. The third-order valence-electron chi connectivity index (χ3n) is 7.85. The second-order valence-corrected chi connectivity index (χ2v) is 11.8. The molecule has 0 aliphatic heterocycles. The van der Waals surface area contributed by atoms with Gasteiger partial charge in [-0.2, -0.15) is 5.10 Å². The lowest BCUT2D eigenvalue weighted by atomic mass is 10.1. The SMILES string of the molecule is CCCCc1cc(NC(=O)Nc2ccc(OCc3ccnc(NC(=O)C(C)(C)NC)c3)c3ccccc23)n(-c2ccc(C)cc2)n1. The summed E-state index contributed by atoms with van der Waals surface area (Å²) in [5, 5.41) is 18.3. The van der Waals surface area contributed by atoms with Crippen LogP contribution in [0.4, 0.5) is 22.1 Å². The second kappa shape index (κ2) is 14.3. The van der Waals surface area contributed by atoms with E-state index in [0.29, 0.717) is 23.1 Å². The fourth-order valence-corrected chi connectivity index (χ4v) is 4.84. The summed E-state index contributed by atoms with van der Waals surface area (Å²) in [6.07, 6.45) is 4.55. The van der Waals surface area contributed by atoms with Crippen LogP contribution in [0.2, 0.25) is 0 Å². The number of pyridine rings is 1. The van der Waals surface area contributed by atoms with Gasteiger partial charge in [-0.25, -0.2) is 14.5 Å². The molecule has 4 N–H and O–H groups in total. The molecule has 2 heterocycles. The van der Waals surface area contributed by atoms with Gasteiger partial charge in [0.15, 0.2) is 0 Å². The van der Waals surface area contributed by atoms with E-state index in [1.807, 2.05) is 79.7 Å². The maximum absolute atomic E-state index is 13.3. The van der Waals surface area contributed by atoms with E-state index in [1.165, 1.54) is 0 Å². The number of likely N-dealkylation sites (N-methyl/N-ethyl adjacent to an activating group) is 1. The standard InChI is InChI=1S/C36H41N7O3/c1-6-7-10-26-22-33(43(42-26)27-15-13-24(2)14-16-27)41-35(45)39-30-17-18-31(29-12-9-8-11-28(29)30)46-23-25-19-20-38-32(21-25)40-34(44)36(3,4)37-5/h8-9,11-22,37H,6-7,10,23H2,1-5H3,(H,38,40,44)(H2,39,41,45). The van der Waals surface area contributed by atoms with E-state index in [9.17, 15) is 9.59 Å². The summed E-state index contributed by atoms with van der Waals surface area (Å²) in [5.41, 5.74) is 3.71. The lowest BCUT2D eigenvalue weighted by molar-refractivity contribution is -0.121. The first-order chi connectivity index (χ1) is 22.2. The first-order valence-corrected chi connectivity index (χ1v) is 15.5. The van der Waals surface area contributed by atoms with Gasteiger partial charge in [-0.15, -0.1) is 0 Å². The Balaban J connectivity index is 1.31. The van der Waals surface area contributed by atoms with Gasteiger partial charge in [0.05, 0.1) is 22.6 Å². The van der Waals surface area contributed by atoms with E-state index < -0.39 is 5.54 Å². The number of unbranched alkanes of at least 4 members (excludes halogenated alkanes) is 1. The van der Waals surface area contributed by atoms with Crippen molar-refractivity contribution in [3.05, 3.63) is 102 Å². The second-order valence-electron chi connectivity index (χ2n) is 11.8. The molecule has 0 unspecified atom stereocenters. The van der Waals surface area contributed by atoms with Crippen LogP contribution in [0.5, 0.6) is 5.75 Å². The lowest BCUT2D eigenvalue weighted by Gasteiger charge is -2.22. The summed E-state index contributed by atoms with van der Waals surface area (Å²) in [6, 6.07) is 24.7. The van der Waals surface area contributed by atoms with E-state index in [2.05, 4.69) is 33.2 Å². The van der Waals surface area contributed by atoms with Crippen molar-refractivity contribution < 1.29 is 14.3 Å². The summed E-state index contributed by atoms with van der Waals surface area (Å²) in [7, 11) is 1.74. The van der Waals surface area contributed by atoms with Crippen LogP contribution in [-0.2, 0) is 17.8 Å². The summed E-state index contributed by atoms with van der Waals surface area (Å²) >= 11 is 0. The predicted octanol–water partition coefficient (Wildman–Crippen LogP) is 7.23. The Labute approximate surface area is 269 Å². The molecule has 0 radical (unpaired) electrons. The topological polar surface area (TPSA) is 122 Å². The molecule has 10 heteroatoms. The summed E-state index contributed by atoms with van der Waals surface area (Å²) in [4.78, 5) is 30.2. The number of amides is 3. The summed E-state index contributed by atoms with van der Waals surface area (Å²) < 4.78 is 8.00. The van der Waals surface area contributed by atoms with Crippen molar-refractivity contribution >= 4 is 40.0 Å². The zero-order valence-electron chi connectivity index (χ0n) is 27.0. The molecule has 0 fully saturated rings. The number of nitrogens with zero attached hydrogens (tertiary/aromatic N) is 3. The number of ether oxygens (including phenoxy) is 1. The van der Waals surface area contributed by atoms with Crippen LogP contribution in [0.1, 0.15) is 50.4 Å². The van der Waals surface area contributed by atoms with E-state index >= 15 is 0 Å². The number of rotatable bonds is 12. The zero-order chi connectivity index (χ0) is 32.7. The van der Waals surface area contributed by atoms with Crippen LogP contribution in [-0.4, -0.2) is 39.3 Å². The van der Waals surface area contributed by atoms with Gasteiger partial charge in [0.25, 0.3) is 0 Å². The van der Waals surface area contributed by atoms with Crippen molar-refractivity contribution in [2.45, 2.75) is 59.1 Å². The lowest BCUT2D eigenvalue weighted by Crippen LogP contribution is -2.48. The predicted molar refractivity (Wildman–Crippen MR) is 184 cm³/mol. The number of fused-ring (bicyclic) bond motifs is 1. The highest BCUT2D eigenvalue weighted by molar-refractivity contribution is 6.07. The average Bonchev–Trinajstić information content (AvgIpc) is 3.45. The van der Waals surface area contributed by atoms with Gasteiger partial charge < -0.3 is 20.7 Å². The van der Waals surface area contributed by atoms with E-state index in [1.54, 1.807) is 37.8 Å². The van der Waals surface area contributed by atoms with Crippen molar-refractivity contribution in [1.82, 2.24) is 20.1 Å². The van der Waals surface area contributed by atoms with Crippen LogP contribution >= 0.6 is 0 Å². The molecule has 0 aliphatic rings. The van der Waals surface area contributed by atoms with E-state index in [4.69, 9.17) is 9.84 Å². The number of benzene rings is 3. The zero-order valence-corrected chi connectivity index (χ0v) is 27.0. The molecule has 0 spiro atoms. The minimum absolute atomic E-state index is 0.185. The average molecular weight is 620 g/mol. The third-order valence-corrected chi connectivity index (χ3v) is 7.85. The van der Waals surface area contributed by atoms with Gasteiger partial charge in [-0.05, 0) is 82.6 Å². The molecular weight excluding hydrogens is 578 g/mol. The Morgan fingerprint density at radius 1 is 0.913 bits per heavy atom. The Morgan fingerprint density at radius 3 is 2.41 bits per heavy atom. The molecule has 5 aromatic rings. The molecule has 0 saturated carbocycles. The van der Waals surface area contributed by atoms with E-state index in [0.717, 1.165) is 52.5 Å². The van der Waals surface area contributed by atoms with Crippen LogP contribution < -0.4 is 26.0 Å². The highest BCUT2D eigenvalue weighted by Gasteiger charge is 2.25. The number of aryl methyl sites for hydroxylation is 2. The highest BCUT2D eigenvalue weighted by atomic mass is 16.5.